The Bertz CT molecular complexity index is 820. The van der Waals surface area contributed by atoms with Crippen molar-refractivity contribution in [1.29, 1.82) is 0 Å². The number of ketones is 1. The van der Waals surface area contributed by atoms with Gasteiger partial charge in [0.15, 0.2) is 17.3 Å². The Morgan fingerprint density at radius 3 is 2.59 bits per heavy atom. The highest BCUT2D eigenvalue weighted by Crippen LogP contribution is 2.28. The molecule has 0 saturated carbocycles. The molecule has 0 unspecified atom stereocenters. The first-order valence-electron chi connectivity index (χ1n) is 7.02. The molecule has 0 aliphatic heterocycles. The Labute approximate surface area is 128 Å². The van der Waals surface area contributed by atoms with Crippen molar-refractivity contribution in [3.05, 3.63) is 59.8 Å². The first-order chi connectivity index (χ1) is 10.7. The van der Waals surface area contributed by atoms with Gasteiger partial charge in [-0.25, -0.2) is 0 Å². The van der Waals surface area contributed by atoms with Gasteiger partial charge in [-0.05, 0) is 47.3 Å². The molecular weight excluding hydrogens is 278 g/mol. The molecule has 4 nitrogen and oxygen atoms in total. The molecule has 112 valence electrons. The average Bonchev–Trinajstić information content (AvgIpc) is 3.01. The number of rotatable bonds is 5. The van der Waals surface area contributed by atoms with E-state index in [0.29, 0.717) is 23.5 Å². The summed E-state index contributed by atoms with van der Waals surface area (Å²) in [5.74, 6) is 1.23. The lowest BCUT2D eigenvalue weighted by atomic mass is 10.0. The number of methoxy groups -OCH3 is 2. The monoisotopic (exact) mass is 295 g/mol. The zero-order valence-electron chi connectivity index (χ0n) is 12.6. The van der Waals surface area contributed by atoms with Gasteiger partial charge in [0.05, 0.1) is 14.2 Å². The summed E-state index contributed by atoms with van der Waals surface area (Å²) in [6.45, 7) is 0. The molecule has 0 bridgehead atoms. The van der Waals surface area contributed by atoms with Crippen LogP contribution >= 0.6 is 0 Å². The van der Waals surface area contributed by atoms with Gasteiger partial charge in [-0.1, -0.05) is 6.07 Å². The van der Waals surface area contributed by atoms with Crippen molar-refractivity contribution in [3.63, 3.8) is 0 Å². The van der Waals surface area contributed by atoms with Crippen LogP contribution in [0.5, 0.6) is 11.5 Å². The molecule has 0 spiro atoms. The summed E-state index contributed by atoms with van der Waals surface area (Å²) in [4.78, 5) is 15.6. The van der Waals surface area contributed by atoms with E-state index in [1.165, 1.54) is 0 Å². The lowest BCUT2D eigenvalue weighted by Gasteiger charge is -2.09. The highest BCUT2D eigenvalue weighted by Gasteiger charge is 2.12. The Hall–Kier alpha value is -2.75. The number of aromatic nitrogens is 1. The van der Waals surface area contributed by atoms with E-state index in [-0.39, 0.29) is 5.78 Å². The smallest absolute Gasteiger partial charge is 0.167 e. The third kappa shape index (κ3) is 2.68. The van der Waals surface area contributed by atoms with Crippen LogP contribution in [0, 0.1) is 0 Å². The van der Waals surface area contributed by atoms with E-state index < -0.39 is 0 Å². The molecule has 0 radical (unpaired) electrons. The van der Waals surface area contributed by atoms with E-state index in [2.05, 4.69) is 4.98 Å². The molecule has 1 aromatic heterocycles. The maximum absolute atomic E-state index is 12.5. The van der Waals surface area contributed by atoms with Crippen LogP contribution < -0.4 is 9.47 Å². The molecule has 3 aromatic rings. The number of fused-ring (bicyclic) bond motifs is 1. The summed E-state index contributed by atoms with van der Waals surface area (Å²) in [5.41, 5.74) is 2.68. The van der Waals surface area contributed by atoms with Crippen LogP contribution in [0.25, 0.3) is 10.9 Å². The third-order valence-electron chi connectivity index (χ3n) is 3.69. The first-order valence-corrected chi connectivity index (χ1v) is 7.02. The van der Waals surface area contributed by atoms with Crippen LogP contribution in [-0.4, -0.2) is 25.0 Å². The summed E-state index contributed by atoms with van der Waals surface area (Å²) >= 11 is 0. The minimum Gasteiger partial charge on any atom is -0.493 e. The minimum atomic E-state index is 0.0517. The van der Waals surface area contributed by atoms with Crippen molar-refractivity contribution in [2.24, 2.45) is 0 Å². The fourth-order valence-electron chi connectivity index (χ4n) is 2.51. The lowest BCUT2D eigenvalue weighted by Crippen LogP contribution is -2.04. The molecule has 4 heteroatoms. The fourth-order valence-corrected chi connectivity index (χ4v) is 2.51. The van der Waals surface area contributed by atoms with E-state index in [0.717, 1.165) is 16.5 Å². The maximum atomic E-state index is 12.5. The molecule has 3 rings (SSSR count). The van der Waals surface area contributed by atoms with Crippen LogP contribution in [0.4, 0.5) is 0 Å². The van der Waals surface area contributed by atoms with E-state index >= 15 is 0 Å². The highest BCUT2D eigenvalue weighted by atomic mass is 16.5. The van der Waals surface area contributed by atoms with Gasteiger partial charge in [-0.15, -0.1) is 0 Å². The van der Waals surface area contributed by atoms with Gasteiger partial charge in [-0.2, -0.15) is 0 Å². The van der Waals surface area contributed by atoms with Crippen molar-refractivity contribution in [2.45, 2.75) is 6.42 Å². The Kier molecular flexibility index (Phi) is 3.83. The second-order valence-electron chi connectivity index (χ2n) is 5.07. The summed E-state index contributed by atoms with van der Waals surface area (Å²) in [6, 6.07) is 13.2. The number of carbonyl (C=O) groups excluding carboxylic acids is 1. The van der Waals surface area contributed by atoms with Gasteiger partial charge >= 0.3 is 0 Å². The SMILES string of the molecule is COc1ccc(C(=O)Cc2ccc3[nH]ccc3c2)cc1OC. The van der Waals surface area contributed by atoms with Gasteiger partial charge < -0.3 is 14.5 Å². The third-order valence-corrected chi connectivity index (χ3v) is 3.69. The number of Topliss-reactive ketones (excluding diaryl/α,β-unsaturated/α-hetero) is 1. The van der Waals surface area contributed by atoms with Crippen LogP contribution in [0.1, 0.15) is 15.9 Å². The molecular formula is C18H17NO3. The van der Waals surface area contributed by atoms with Gasteiger partial charge in [0.1, 0.15) is 0 Å². The van der Waals surface area contributed by atoms with Crippen LogP contribution in [0.3, 0.4) is 0 Å². The Balaban J connectivity index is 1.84. The van der Waals surface area contributed by atoms with Gasteiger partial charge in [0.25, 0.3) is 0 Å². The second kappa shape index (κ2) is 5.93. The normalized spacial score (nSPS) is 10.6. The van der Waals surface area contributed by atoms with Gasteiger partial charge in [0, 0.05) is 23.7 Å². The van der Waals surface area contributed by atoms with Crippen molar-refractivity contribution >= 4 is 16.7 Å². The maximum Gasteiger partial charge on any atom is 0.167 e. The number of hydrogen-bond donors (Lipinski definition) is 1. The van der Waals surface area contributed by atoms with E-state index in [9.17, 15) is 4.79 Å². The second-order valence-corrected chi connectivity index (χ2v) is 5.07. The summed E-state index contributed by atoms with van der Waals surface area (Å²) in [6.07, 6.45) is 2.25. The molecule has 0 atom stereocenters. The van der Waals surface area contributed by atoms with Crippen molar-refractivity contribution < 1.29 is 14.3 Å². The molecule has 1 N–H and O–H groups in total. The number of benzene rings is 2. The van der Waals surface area contributed by atoms with E-state index in [4.69, 9.17) is 9.47 Å². The summed E-state index contributed by atoms with van der Waals surface area (Å²) < 4.78 is 10.4. The Morgan fingerprint density at radius 2 is 1.82 bits per heavy atom. The number of H-pyrrole nitrogens is 1. The number of ether oxygens (including phenoxy) is 2. The molecule has 0 saturated heterocycles. The number of nitrogens with one attached hydrogen (secondary N) is 1. The van der Waals surface area contributed by atoms with Crippen molar-refractivity contribution in [1.82, 2.24) is 4.98 Å². The zero-order chi connectivity index (χ0) is 15.5. The molecule has 22 heavy (non-hydrogen) atoms. The van der Waals surface area contributed by atoms with Crippen LogP contribution in [-0.2, 0) is 6.42 Å². The number of aromatic amines is 1. The quantitative estimate of drug-likeness (QED) is 0.732. The molecule has 0 aliphatic rings. The fraction of sp³-hybridized carbons (Fsp3) is 0.167. The minimum absolute atomic E-state index is 0.0517. The molecule has 0 fully saturated rings. The summed E-state index contributed by atoms with van der Waals surface area (Å²) in [7, 11) is 3.14. The van der Waals surface area contributed by atoms with Crippen molar-refractivity contribution in [3.8, 4) is 11.5 Å². The average molecular weight is 295 g/mol. The predicted octanol–water partition coefficient (Wildman–Crippen LogP) is 3.61. The van der Waals surface area contributed by atoms with Gasteiger partial charge in [0.2, 0.25) is 0 Å². The zero-order valence-corrected chi connectivity index (χ0v) is 12.6. The highest BCUT2D eigenvalue weighted by molar-refractivity contribution is 5.98. The molecule has 1 heterocycles. The molecule has 2 aromatic carbocycles. The molecule has 0 amide bonds. The number of hydrogen-bond acceptors (Lipinski definition) is 3. The van der Waals surface area contributed by atoms with Crippen LogP contribution in [0.2, 0.25) is 0 Å². The predicted molar refractivity (Wildman–Crippen MR) is 85.9 cm³/mol. The van der Waals surface area contributed by atoms with Gasteiger partial charge in [-0.3, -0.25) is 4.79 Å². The van der Waals surface area contributed by atoms with Crippen LogP contribution in [0.15, 0.2) is 48.7 Å². The first kappa shape index (κ1) is 14.2. The van der Waals surface area contributed by atoms with E-state index in [1.54, 1.807) is 32.4 Å². The molecule has 0 aliphatic carbocycles. The Morgan fingerprint density at radius 1 is 1.00 bits per heavy atom. The lowest BCUT2D eigenvalue weighted by molar-refractivity contribution is 0.0992. The van der Waals surface area contributed by atoms with Crippen molar-refractivity contribution in [2.75, 3.05) is 14.2 Å². The van der Waals surface area contributed by atoms with E-state index in [1.807, 2.05) is 30.5 Å². The topological polar surface area (TPSA) is 51.3 Å². The largest absolute Gasteiger partial charge is 0.493 e. The number of carbonyl (C=O) groups is 1. The standard InChI is InChI=1S/C18H17NO3/c1-21-17-6-4-14(11-18(17)22-2)16(20)10-12-3-5-15-13(9-12)7-8-19-15/h3-9,11,19H,10H2,1-2H3. The summed E-state index contributed by atoms with van der Waals surface area (Å²) in [5, 5.41) is 1.11.